The van der Waals surface area contributed by atoms with Gasteiger partial charge in [0.15, 0.2) is 0 Å². The van der Waals surface area contributed by atoms with Crippen LogP contribution < -0.4 is 0 Å². The molecule has 3 aromatic rings. The molecule has 1 atom stereocenters. The number of carbonyl (C=O) groups is 1. The number of aromatic nitrogens is 3. The van der Waals surface area contributed by atoms with Crippen LogP contribution in [-0.2, 0) is 4.79 Å². The Morgan fingerprint density at radius 3 is 2.85 bits per heavy atom. The number of nitrogens with zero attached hydrogens (tertiary/aromatic N) is 4. The molecular weight excluding hydrogens is 348 g/mol. The SMILES string of the molecule is O=C(CSc1ccccc1)N1CCC[C@@H]1c1nc(-c2ccccn2)no1. The molecule has 26 heavy (non-hydrogen) atoms. The third-order valence-corrected chi connectivity index (χ3v) is 5.30. The quantitative estimate of drug-likeness (QED) is 0.643. The fraction of sp³-hybridized carbons (Fsp3) is 0.263. The van der Waals surface area contributed by atoms with Crippen LogP contribution in [0.15, 0.2) is 64.1 Å². The number of rotatable bonds is 5. The van der Waals surface area contributed by atoms with Crippen LogP contribution in [-0.4, -0.2) is 38.2 Å². The van der Waals surface area contributed by atoms with E-state index in [9.17, 15) is 4.79 Å². The highest BCUT2D eigenvalue weighted by Crippen LogP contribution is 2.32. The number of carbonyl (C=O) groups excluding carboxylic acids is 1. The molecule has 0 saturated carbocycles. The van der Waals surface area contributed by atoms with Crippen LogP contribution in [0.25, 0.3) is 11.5 Å². The lowest BCUT2D eigenvalue weighted by molar-refractivity contribution is -0.129. The summed E-state index contributed by atoms with van der Waals surface area (Å²) in [5.74, 6) is 1.44. The molecule has 4 rings (SSSR count). The van der Waals surface area contributed by atoms with Gasteiger partial charge in [0.2, 0.25) is 17.6 Å². The number of benzene rings is 1. The summed E-state index contributed by atoms with van der Waals surface area (Å²) in [6, 6.07) is 15.3. The second kappa shape index (κ2) is 7.70. The minimum Gasteiger partial charge on any atom is -0.337 e. The van der Waals surface area contributed by atoms with Crippen molar-refractivity contribution < 1.29 is 9.32 Å². The van der Waals surface area contributed by atoms with Gasteiger partial charge < -0.3 is 9.42 Å². The Hall–Kier alpha value is -2.67. The van der Waals surface area contributed by atoms with Gasteiger partial charge in [0.1, 0.15) is 11.7 Å². The molecule has 0 spiro atoms. The lowest BCUT2D eigenvalue weighted by Gasteiger charge is -2.21. The maximum absolute atomic E-state index is 12.7. The predicted octanol–water partition coefficient (Wildman–Crippen LogP) is 3.59. The molecule has 0 unspecified atom stereocenters. The number of hydrogen-bond donors (Lipinski definition) is 0. The van der Waals surface area contributed by atoms with Crippen molar-refractivity contribution in [3.8, 4) is 11.5 Å². The van der Waals surface area contributed by atoms with Crippen LogP contribution in [0, 0.1) is 0 Å². The van der Waals surface area contributed by atoms with Crippen molar-refractivity contribution in [3.63, 3.8) is 0 Å². The third-order valence-electron chi connectivity index (χ3n) is 4.30. The summed E-state index contributed by atoms with van der Waals surface area (Å²) in [4.78, 5) is 24.3. The molecule has 1 fully saturated rings. The molecule has 1 amide bonds. The smallest absolute Gasteiger partial charge is 0.249 e. The van der Waals surface area contributed by atoms with Gasteiger partial charge in [-0.1, -0.05) is 29.4 Å². The summed E-state index contributed by atoms with van der Waals surface area (Å²) in [6.45, 7) is 0.722. The minimum absolute atomic E-state index is 0.0962. The van der Waals surface area contributed by atoms with Gasteiger partial charge in [-0.15, -0.1) is 11.8 Å². The number of hydrogen-bond acceptors (Lipinski definition) is 6. The van der Waals surface area contributed by atoms with Crippen molar-refractivity contribution in [2.45, 2.75) is 23.8 Å². The van der Waals surface area contributed by atoms with E-state index < -0.39 is 0 Å². The highest BCUT2D eigenvalue weighted by Gasteiger charge is 2.34. The van der Waals surface area contributed by atoms with Gasteiger partial charge >= 0.3 is 0 Å². The van der Waals surface area contributed by atoms with Gasteiger partial charge in [0.25, 0.3) is 0 Å². The van der Waals surface area contributed by atoms with E-state index in [4.69, 9.17) is 4.52 Å². The topological polar surface area (TPSA) is 72.1 Å². The van der Waals surface area contributed by atoms with E-state index in [0.717, 1.165) is 24.3 Å². The zero-order chi connectivity index (χ0) is 17.8. The van der Waals surface area contributed by atoms with Gasteiger partial charge in [-0.3, -0.25) is 9.78 Å². The van der Waals surface area contributed by atoms with E-state index in [0.29, 0.717) is 23.2 Å². The van der Waals surface area contributed by atoms with E-state index in [2.05, 4.69) is 15.1 Å². The van der Waals surface area contributed by atoms with Gasteiger partial charge in [-0.05, 0) is 37.1 Å². The monoisotopic (exact) mass is 366 g/mol. The lowest BCUT2D eigenvalue weighted by Crippen LogP contribution is -2.32. The van der Waals surface area contributed by atoms with E-state index in [1.165, 1.54) is 0 Å². The summed E-state index contributed by atoms with van der Waals surface area (Å²) < 4.78 is 5.44. The van der Waals surface area contributed by atoms with E-state index in [-0.39, 0.29) is 11.9 Å². The Kier molecular flexibility index (Phi) is 4.97. The molecule has 0 radical (unpaired) electrons. The fourth-order valence-electron chi connectivity index (χ4n) is 3.04. The first-order chi connectivity index (χ1) is 12.8. The maximum Gasteiger partial charge on any atom is 0.249 e. The maximum atomic E-state index is 12.7. The Labute approximate surface area is 155 Å². The van der Waals surface area contributed by atoms with Crippen molar-refractivity contribution in [3.05, 3.63) is 60.6 Å². The van der Waals surface area contributed by atoms with Gasteiger partial charge in [0.05, 0.1) is 5.75 Å². The summed E-state index contributed by atoms with van der Waals surface area (Å²) in [5.41, 5.74) is 0.665. The van der Waals surface area contributed by atoms with Gasteiger partial charge in [-0.25, -0.2) is 0 Å². The highest BCUT2D eigenvalue weighted by molar-refractivity contribution is 8.00. The normalized spacial score (nSPS) is 16.8. The highest BCUT2D eigenvalue weighted by atomic mass is 32.2. The van der Waals surface area contributed by atoms with Crippen molar-refractivity contribution in [1.29, 1.82) is 0 Å². The van der Waals surface area contributed by atoms with Crippen LogP contribution in [0.3, 0.4) is 0 Å². The second-order valence-corrected chi connectivity index (χ2v) is 7.07. The van der Waals surface area contributed by atoms with Gasteiger partial charge in [0, 0.05) is 17.6 Å². The molecule has 1 saturated heterocycles. The molecule has 6 nitrogen and oxygen atoms in total. The number of thioether (sulfide) groups is 1. The van der Waals surface area contributed by atoms with Gasteiger partial charge in [-0.2, -0.15) is 4.98 Å². The molecule has 1 aliphatic heterocycles. The lowest BCUT2D eigenvalue weighted by atomic mass is 10.2. The summed E-state index contributed by atoms with van der Waals surface area (Å²) in [7, 11) is 0. The largest absolute Gasteiger partial charge is 0.337 e. The molecule has 1 aromatic carbocycles. The first-order valence-electron chi connectivity index (χ1n) is 8.53. The second-order valence-electron chi connectivity index (χ2n) is 6.02. The average molecular weight is 366 g/mol. The van der Waals surface area contributed by atoms with Crippen molar-refractivity contribution in [2.24, 2.45) is 0 Å². The Balaban J connectivity index is 1.45. The zero-order valence-corrected chi connectivity index (χ0v) is 14.9. The molecule has 132 valence electrons. The molecule has 2 aromatic heterocycles. The zero-order valence-electron chi connectivity index (χ0n) is 14.1. The first kappa shape index (κ1) is 16.8. The molecular formula is C19H18N4O2S. The Bertz CT molecular complexity index is 870. The van der Waals surface area contributed by atoms with E-state index in [1.54, 1.807) is 18.0 Å². The van der Waals surface area contributed by atoms with Crippen molar-refractivity contribution >= 4 is 17.7 Å². The van der Waals surface area contributed by atoms with Crippen molar-refractivity contribution in [1.82, 2.24) is 20.0 Å². The number of likely N-dealkylation sites (tertiary alicyclic amines) is 1. The number of pyridine rings is 1. The van der Waals surface area contributed by atoms with Crippen LogP contribution in [0.4, 0.5) is 0 Å². The summed E-state index contributed by atoms with van der Waals surface area (Å²) >= 11 is 1.55. The predicted molar refractivity (Wildman–Crippen MR) is 98.4 cm³/mol. The van der Waals surface area contributed by atoms with Crippen LogP contribution in [0.1, 0.15) is 24.8 Å². The summed E-state index contributed by atoms with van der Waals surface area (Å²) in [5, 5.41) is 4.03. The molecule has 0 N–H and O–H groups in total. The third kappa shape index (κ3) is 3.62. The minimum atomic E-state index is -0.149. The number of amides is 1. The fourth-order valence-corrected chi connectivity index (χ4v) is 3.84. The first-order valence-corrected chi connectivity index (χ1v) is 9.52. The molecule has 7 heteroatoms. The molecule has 1 aliphatic rings. The summed E-state index contributed by atoms with van der Waals surface area (Å²) in [6.07, 6.45) is 3.47. The molecule has 0 aliphatic carbocycles. The van der Waals surface area contributed by atoms with Crippen molar-refractivity contribution in [2.75, 3.05) is 12.3 Å². The molecule has 3 heterocycles. The van der Waals surface area contributed by atoms with Crippen LogP contribution >= 0.6 is 11.8 Å². The Morgan fingerprint density at radius 2 is 2.04 bits per heavy atom. The van der Waals surface area contributed by atoms with E-state index in [1.807, 2.05) is 53.4 Å². The Morgan fingerprint density at radius 1 is 1.19 bits per heavy atom. The van der Waals surface area contributed by atoms with Crippen LogP contribution in [0.5, 0.6) is 0 Å². The van der Waals surface area contributed by atoms with E-state index >= 15 is 0 Å². The average Bonchev–Trinajstić information content (AvgIpc) is 3.37. The molecule has 0 bridgehead atoms. The van der Waals surface area contributed by atoms with Crippen LogP contribution in [0.2, 0.25) is 0 Å². The standard InChI is InChI=1S/C19H18N4O2S/c24-17(13-26-14-7-2-1-3-8-14)23-12-6-10-16(23)19-21-18(22-25-19)15-9-4-5-11-20-15/h1-5,7-9,11,16H,6,10,12-13H2/t16-/m1/s1.